The van der Waals surface area contributed by atoms with Crippen LogP contribution in [0.1, 0.15) is 67.7 Å². The molecule has 1 N–H and O–H groups in total. The summed E-state index contributed by atoms with van der Waals surface area (Å²) in [5.74, 6) is 0.896. The lowest BCUT2D eigenvalue weighted by atomic mass is 9.60. The lowest BCUT2D eigenvalue weighted by Gasteiger charge is -2.44. The molecule has 0 radical (unpaired) electrons. The van der Waals surface area contributed by atoms with Crippen molar-refractivity contribution in [2.24, 2.45) is 17.3 Å². The van der Waals surface area contributed by atoms with Crippen LogP contribution in [-0.2, 0) is 28.8 Å². The van der Waals surface area contributed by atoms with Gasteiger partial charge in [0.05, 0.1) is 19.1 Å². The fraction of sp³-hybridized carbons (Fsp3) is 0.682. The molecule has 0 aliphatic heterocycles. The second-order valence-electron chi connectivity index (χ2n) is 8.72. The number of hydrogen-bond acceptors (Lipinski definition) is 3. The first-order chi connectivity index (χ1) is 12.0. The van der Waals surface area contributed by atoms with Crippen LogP contribution in [-0.4, -0.2) is 24.3 Å². The fourth-order valence-corrected chi connectivity index (χ4v) is 6.25. The van der Waals surface area contributed by atoms with Gasteiger partial charge in [0.25, 0.3) is 0 Å². The molecule has 1 aromatic rings. The molecule has 2 unspecified atom stereocenters. The Balaban J connectivity index is 1.69. The molecule has 25 heavy (non-hydrogen) atoms. The number of carbonyl (C=O) groups excluding carboxylic acids is 1. The lowest BCUT2D eigenvalue weighted by Crippen LogP contribution is -2.38. The van der Waals surface area contributed by atoms with E-state index in [-0.39, 0.29) is 23.4 Å². The SMILES string of the molecule is COC(=O)C(C)[C@H]1CC[C@H]2c3ccc4c(c3CC[C@]12C)CCC(O)C4. The number of fused-ring (bicyclic) bond motifs is 5. The molecule has 3 aliphatic rings. The van der Waals surface area contributed by atoms with E-state index in [0.717, 1.165) is 38.5 Å². The van der Waals surface area contributed by atoms with Gasteiger partial charge in [0, 0.05) is 0 Å². The molecule has 5 atom stereocenters. The summed E-state index contributed by atoms with van der Waals surface area (Å²) in [5.41, 5.74) is 6.18. The minimum absolute atomic E-state index is 0.0191. The number of aliphatic hydroxyl groups excluding tert-OH is 1. The highest BCUT2D eigenvalue weighted by Gasteiger charge is 2.52. The normalized spacial score (nSPS) is 34.6. The third kappa shape index (κ3) is 2.54. The Labute approximate surface area is 150 Å². The molecule has 1 saturated carbocycles. The maximum absolute atomic E-state index is 12.1. The summed E-state index contributed by atoms with van der Waals surface area (Å²) in [5, 5.41) is 9.98. The number of benzene rings is 1. The molecule has 1 aromatic carbocycles. The van der Waals surface area contributed by atoms with Gasteiger partial charge in [-0.1, -0.05) is 26.0 Å². The first-order valence-electron chi connectivity index (χ1n) is 9.85. The number of esters is 1. The quantitative estimate of drug-likeness (QED) is 0.832. The van der Waals surface area contributed by atoms with E-state index in [1.807, 2.05) is 6.92 Å². The fourth-order valence-electron chi connectivity index (χ4n) is 6.25. The largest absolute Gasteiger partial charge is 0.469 e. The van der Waals surface area contributed by atoms with Crippen LogP contribution >= 0.6 is 0 Å². The zero-order chi connectivity index (χ0) is 17.8. The van der Waals surface area contributed by atoms with Gasteiger partial charge in [0.1, 0.15) is 0 Å². The smallest absolute Gasteiger partial charge is 0.308 e. The van der Waals surface area contributed by atoms with Crippen molar-refractivity contribution in [1.82, 2.24) is 0 Å². The van der Waals surface area contributed by atoms with E-state index in [1.165, 1.54) is 30.2 Å². The van der Waals surface area contributed by atoms with E-state index in [1.54, 1.807) is 5.56 Å². The molecule has 136 valence electrons. The Hall–Kier alpha value is -1.35. The first-order valence-corrected chi connectivity index (χ1v) is 9.85. The first kappa shape index (κ1) is 17.1. The second-order valence-corrected chi connectivity index (χ2v) is 8.72. The molecular weight excluding hydrogens is 312 g/mol. The van der Waals surface area contributed by atoms with E-state index >= 15 is 0 Å². The monoisotopic (exact) mass is 342 g/mol. The van der Waals surface area contributed by atoms with Gasteiger partial charge < -0.3 is 9.84 Å². The molecule has 0 spiro atoms. The average molecular weight is 342 g/mol. The summed E-state index contributed by atoms with van der Waals surface area (Å²) in [6, 6.07) is 4.60. The van der Waals surface area contributed by atoms with E-state index in [0.29, 0.717) is 11.8 Å². The summed E-state index contributed by atoms with van der Waals surface area (Å²) in [7, 11) is 1.50. The number of hydrogen-bond donors (Lipinski definition) is 1. The van der Waals surface area contributed by atoms with Crippen molar-refractivity contribution < 1.29 is 14.6 Å². The molecule has 3 aliphatic carbocycles. The highest BCUT2D eigenvalue weighted by atomic mass is 16.5. The van der Waals surface area contributed by atoms with Crippen molar-refractivity contribution in [3.8, 4) is 0 Å². The standard InChI is InChI=1S/C22H30O3/c1-13(21(24)25-3)19-8-9-20-18-6-4-14-12-15(23)5-7-16(14)17(18)10-11-22(19,20)2/h4,6,13,15,19-20,23H,5,7-12H2,1-3H3/t13?,15?,19-,20+,22-/m1/s1. The molecule has 0 amide bonds. The minimum atomic E-state index is -0.170. The summed E-state index contributed by atoms with van der Waals surface area (Å²) < 4.78 is 5.04. The third-order valence-electron chi connectivity index (χ3n) is 7.62. The predicted octanol–water partition coefficient (Wildman–Crippen LogP) is 3.79. The molecule has 3 heteroatoms. The van der Waals surface area contributed by atoms with Crippen LogP contribution < -0.4 is 0 Å². The lowest BCUT2D eigenvalue weighted by molar-refractivity contribution is -0.148. The van der Waals surface area contributed by atoms with Crippen LogP contribution in [0.15, 0.2) is 12.1 Å². The summed E-state index contributed by atoms with van der Waals surface area (Å²) in [6.45, 7) is 4.45. The van der Waals surface area contributed by atoms with Crippen molar-refractivity contribution in [3.05, 3.63) is 34.4 Å². The number of ether oxygens (including phenoxy) is 1. The summed E-state index contributed by atoms with van der Waals surface area (Å²) in [6.07, 6.45) is 7.13. The van der Waals surface area contributed by atoms with Gasteiger partial charge in [-0.3, -0.25) is 4.79 Å². The molecule has 0 aromatic heterocycles. The van der Waals surface area contributed by atoms with Crippen LogP contribution in [0, 0.1) is 17.3 Å². The predicted molar refractivity (Wildman–Crippen MR) is 97.5 cm³/mol. The molecule has 0 bridgehead atoms. The van der Waals surface area contributed by atoms with E-state index < -0.39 is 0 Å². The van der Waals surface area contributed by atoms with E-state index in [2.05, 4.69) is 19.1 Å². The molecule has 4 rings (SSSR count). The molecule has 0 saturated heterocycles. The van der Waals surface area contributed by atoms with Crippen molar-refractivity contribution >= 4 is 5.97 Å². The van der Waals surface area contributed by atoms with Crippen molar-refractivity contribution in [1.29, 1.82) is 0 Å². The van der Waals surface area contributed by atoms with Crippen molar-refractivity contribution in [2.45, 2.75) is 70.8 Å². The number of methoxy groups -OCH3 is 1. The zero-order valence-corrected chi connectivity index (χ0v) is 15.7. The molecule has 0 heterocycles. The van der Waals surface area contributed by atoms with Crippen molar-refractivity contribution in [2.75, 3.05) is 7.11 Å². The summed E-state index contributed by atoms with van der Waals surface area (Å²) >= 11 is 0. The van der Waals surface area contributed by atoms with Crippen LogP contribution in [0.25, 0.3) is 0 Å². The van der Waals surface area contributed by atoms with Gasteiger partial charge in [0.15, 0.2) is 0 Å². The topological polar surface area (TPSA) is 46.5 Å². The van der Waals surface area contributed by atoms with Gasteiger partial charge in [0.2, 0.25) is 0 Å². The van der Waals surface area contributed by atoms with Gasteiger partial charge in [-0.15, -0.1) is 0 Å². The van der Waals surface area contributed by atoms with E-state index in [9.17, 15) is 9.90 Å². The van der Waals surface area contributed by atoms with Crippen LogP contribution in [0.3, 0.4) is 0 Å². The highest BCUT2D eigenvalue weighted by Crippen LogP contribution is 2.61. The van der Waals surface area contributed by atoms with Gasteiger partial charge >= 0.3 is 5.97 Å². The van der Waals surface area contributed by atoms with Crippen LogP contribution in [0.4, 0.5) is 0 Å². The average Bonchev–Trinajstić information content (AvgIpc) is 2.97. The Morgan fingerprint density at radius 3 is 2.80 bits per heavy atom. The van der Waals surface area contributed by atoms with Gasteiger partial charge in [-0.05, 0) is 84.5 Å². The zero-order valence-electron chi connectivity index (χ0n) is 15.7. The van der Waals surface area contributed by atoms with E-state index in [4.69, 9.17) is 4.74 Å². The van der Waals surface area contributed by atoms with Gasteiger partial charge in [-0.2, -0.15) is 0 Å². The number of aliphatic hydroxyl groups is 1. The number of carbonyl (C=O) groups is 1. The second kappa shape index (κ2) is 6.12. The van der Waals surface area contributed by atoms with Gasteiger partial charge in [-0.25, -0.2) is 0 Å². The Bertz CT molecular complexity index is 695. The third-order valence-corrected chi connectivity index (χ3v) is 7.62. The minimum Gasteiger partial charge on any atom is -0.469 e. The molecule has 1 fully saturated rings. The summed E-state index contributed by atoms with van der Waals surface area (Å²) in [4.78, 5) is 12.1. The maximum Gasteiger partial charge on any atom is 0.308 e. The highest BCUT2D eigenvalue weighted by molar-refractivity contribution is 5.72. The maximum atomic E-state index is 12.1. The Morgan fingerprint density at radius 1 is 1.24 bits per heavy atom. The molecular formula is C22H30O3. The van der Waals surface area contributed by atoms with Crippen LogP contribution in [0.5, 0.6) is 0 Å². The van der Waals surface area contributed by atoms with Crippen molar-refractivity contribution in [3.63, 3.8) is 0 Å². The number of rotatable bonds is 2. The Kier molecular flexibility index (Phi) is 4.18. The molecule has 3 nitrogen and oxygen atoms in total. The van der Waals surface area contributed by atoms with Crippen LogP contribution in [0.2, 0.25) is 0 Å². The Morgan fingerprint density at radius 2 is 2.04 bits per heavy atom.